The normalized spacial score (nSPS) is 12.9. The Kier molecular flexibility index (Phi) is 5.34. The van der Waals surface area contributed by atoms with Crippen LogP contribution in [-0.2, 0) is 19.1 Å². The van der Waals surface area contributed by atoms with Crippen molar-refractivity contribution in [2.24, 2.45) is 0 Å². The van der Waals surface area contributed by atoms with E-state index in [1.54, 1.807) is 6.92 Å². The summed E-state index contributed by atoms with van der Waals surface area (Å²) in [7, 11) is -4.11. The Morgan fingerprint density at radius 2 is 1.90 bits per heavy atom. The topological polar surface area (TPSA) is 104 Å². The summed E-state index contributed by atoms with van der Waals surface area (Å²) in [6.45, 7) is 3.16. The lowest BCUT2D eigenvalue weighted by molar-refractivity contribution is -0.384. The van der Waals surface area contributed by atoms with Gasteiger partial charge in [0.05, 0.1) is 9.82 Å². The molecule has 1 aromatic carbocycles. The lowest BCUT2D eigenvalue weighted by Crippen LogP contribution is -2.24. The highest BCUT2D eigenvalue weighted by Gasteiger charge is 2.23. The second-order valence-corrected chi connectivity index (χ2v) is 5.73. The molecule has 110 valence electrons. The minimum absolute atomic E-state index is 0.223. The van der Waals surface area contributed by atoms with Gasteiger partial charge in [-0.25, -0.2) is 0 Å². The van der Waals surface area contributed by atoms with Crippen molar-refractivity contribution in [2.45, 2.75) is 37.7 Å². The van der Waals surface area contributed by atoms with Crippen molar-refractivity contribution in [3.05, 3.63) is 34.4 Å². The van der Waals surface area contributed by atoms with Gasteiger partial charge in [0, 0.05) is 18.6 Å². The SMILES string of the molecule is CCCC(=O)C(C)OS(=O)(=O)c1ccc([N+](=O)[O-])cc1. The van der Waals surface area contributed by atoms with E-state index in [0.29, 0.717) is 6.42 Å². The van der Waals surface area contributed by atoms with E-state index < -0.39 is 21.1 Å². The molecular weight excluding hydrogens is 286 g/mol. The van der Waals surface area contributed by atoms with Crippen molar-refractivity contribution in [1.82, 2.24) is 0 Å². The first-order valence-electron chi connectivity index (χ1n) is 5.98. The second-order valence-electron chi connectivity index (χ2n) is 4.16. The standard InChI is InChI=1S/C12H15NO6S/c1-3-4-12(14)9(2)19-20(17,18)11-7-5-10(6-8-11)13(15)16/h5-9H,3-4H2,1-2H3. The fourth-order valence-corrected chi connectivity index (χ4v) is 2.55. The van der Waals surface area contributed by atoms with Gasteiger partial charge in [0.25, 0.3) is 15.8 Å². The van der Waals surface area contributed by atoms with E-state index in [2.05, 4.69) is 0 Å². The first kappa shape index (κ1) is 16.3. The van der Waals surface area contributed by atoms with Gasteiger partial charge in [0.1, 0.15) is 6.10 Å². The van der Waals surface area contributed by atoms with Crippen LogP contribution in [0.2, 0.25) is 0 Å². The summed E-state index contributed by atoms with van der Waals surface area (Å²) in [5.41, 5.74) is -0.223. The average molecular weight is 301 g/mol. The van der Waals surface area contributed by atoms with E-state index in [9.17, 15) is 23.3 Å². The molecule has 20 heavy (non-hydrogen) atoms. The average Bonchev–Trinajstić information content (AvgIpc) is 2.38. The molecule has 0 aliphatic heterocycles. The van der Waals surface area contributed by atoms with E-state index in [-0.39, 0.29) is 22.8 Å². The molecule has 0 spiro atoms. The van der Waals surface area contributed by atoms with Crippen molar-refractivity contribution in [3.8, 4) is 0 Å². The van der Waals surface area contributed by atoms with Crippen LogP contribution in [0.1, 0.15) is 26.7 Å². The van der Waals surface area contributed by atoms with Gasteiger partial charge in [-0.1, -0.05) is 6.92 Å². The van der Waals surface area contributed by atoms with Crippen LogP contribution in [0.15, 0.2) is 29.2 Å². The summed E-state index contributed by atoms with van der Waals surface area (Å²) in [6, 6.07) is 4.28. The summed E-state index contributed by atoms with van der Waals surface area (Å²) in [4.78, 5) is 21.1. The van der Waals surface area contributed by atoms with E-state index in [0.717, 1.165) is 24.3 Å². The van der Waals surface area contributed by atoms with E-state index in [4.69, 9.17) is 4.18 Å². The lowest BCUT2D eigenvalue weighted by Gasteiger charge is -2.11. The predicted octanol–water partition coefficient (Wildman–Crippen LogP) is 2.06. The molecule has 1 aromatic rings. The second kappa shape index (κ2) is 6.58. The lowest BCUT2D eigenvalue weighted by atomic mass is 10.2. The zero-order chi connectivity index (χ0) is 15.3. The molecule has 7 nitrogen and oxygen atoms in total. The maximum Gasteiger partial charge on any atom is 0.297 e. The zero-order valence-corrected chi connectivity index (χ0v) is 11.9. The number of ketones is 1. The summed E-state index contributed by atoms with van der Waals surface area (Å²) in [6.07, 6.45) is -0.240. The third-order valence-corrected chi connectivity index (χ3v) is 3.95. The quantitative estimate of drug-likeness (QED) is 0.434. The minimum Gasteiger partial charge on any atom is -0.297 e. The molecule has 0 radical (unpaired) electrons. The summed E-state index contributed by atoms with van der Waals surface area (Å²) >= 11 is 0. The number of nitrogens with zero attached hydrogens (tertiary/aromatic N) is 1. The predicted molar refractivity (Wildman–Crippen MR) is 70.7 cm³/mol. The van der Waals surface area contributed by atoms with Gasteiger partial charge in [0.15, 0.2) is 5.78 Å². The highest BCUT2D eigenvalue weighted by atomic mass is 32.2. The van der Waals surface area contributed by atoms with Gasteiger partial charge in [-0.2, -0.15) is 8.42 Å². The van der Waals surface area contributed by atoms with Crippen molar-refractivity contribution in [1.29, 1.82) is 0 Å². The number of hydrogen-bond acceptors (Lipinski definition) is 6. The molecule has 8 heteroatoms. The Hall–Kier alpha value is -1.80. The number of rotatable bonds is 7. The molecule has 0 saturated carbocycles. The van der Waals surface area contributed by atoms with Gasteiger partial charge in [0.2, 0.25) is 0 Å². The number of carbonyl (C=O) groups excluding carboxylic acids is 1. The van der Waals surface area contributed by atoms with Crippen LogP contribution in [0.25, 0.3) is 0 Å². The van der Waals surface area contributed by atoms with Crippen LogP contribution in [0.5, 0.6) is 0 Å². The molecule has 0 aliphatic carbocycles. The van der Waals surface area contributed by atoms with Crippen LogP contribution in [0, 0.1) is 10.1 Å². The number of nitro groups is 1. The summed E-state index contributed by atoms with van der Waals surface area (Å²) in [5.74, 6) is -0.307. The molecule has 1 unspecified atom stereocenters. The molecule has 0 aromatic heterocycles. The number of benzene rings is 1. The van der Waals surface area contributed by atoms with Crippen LogP contribution >= 0.6 is 0 Å². The Morgan fingerprint density at radius 1 is 1.35 bits per heavy atom. The Balaban J connectivity index is 2.88. The fourth-order valence-electron chi connectivity index (χ4n) is 1.48. The van der Waals surface area contributed by atoms with E-state index in [1.807, 2.05) is 0 Å². The summed E-state index contributed by atoms with van der Waals surface area (Å²) < 4.78 is 28.6. The van der Waals surface area contributed by atoms with Crippen LogP contribution in [-0.4, -0.2) is 25.2 Å². The van der Waals surface area contributed by atoms with Crippen molar-refractivity contribution in [3.63, 3.8) is 0 Å². The largest absolute Gasteiger partial charge is 0.297 e. The molecule has 0 aliphatic rings. The smallest absolute Gasteiger partial charge is 0.297 e. The number of hydrogen-bond donors (Lipinski definition) is 0. The van der Waals surface area contributed by atoms with Gasteiger partial charge < -0.3 is 0 Å². The van der Waals surface area contributed by atoms with Gasteiger partial charge in [-0.3, -0.25) is 19.1 Å². The van der Waals surface area contributed by atoms with Crippen molar-refractivity contribution >= 4 is 21.6 Å². The molecule has 1 atom stereocenters. The number of nitro benzene ring substituents is 1. The Bertz CT molecular complexity index is 593. The van der Waals surface area contributed by atoms with E-state index >= 15 is 0 Å². The van der Waals surface area contributed by atoms with Gasteiger partial charge in [-0.05, 0) is 25.5 Å². The highest BCUT2D eigenvalue weighted by Crippen LogP contribution is 2.19. The molecule has 0 saturated heterocycles. The highest BCUT2D eigenvalue weighted by molar-refractivity contribution is 7.86. The maximum atomic E-state index is 11.9. The molecule has 0 N–H and O–H groups in total. The fraction of sp³-hybridized carbons (Fsp3) is 0.417. The molecule has 0 amide bonds. The molecule has 0 heterocycles. The number of carbonyl (C=O) groups is 1. The first-order chi connectivity index (χ1) is 9.27. The van der Waals surface area contributed by atoms with Crippen LogP contribution < -0.4 is 0 Å². The van der Waals surface area contributed by atoms with Crippen LogP contribution in [0.4, 0.5) is 5.69 Å². The van der Waals surface area contributed by atoms with Crippen molar-refractivity contribution < 1.29 is 22.3 Å². The molecular formula is C12H15NO6S. The Labute approximate surface area is 116 Å². The molecule has 0 bridgehead atoms. The minimum atomic E-state index is -4.11. The third-order valence-electron chi connectivity index (χ3n) is 2.56. The van der Waals surface area contributed by atoms with Gasteiger partial charge in [-0.15, -0.1) is 0 Å². The zero-order valence-electron chi connectivity index (χ0n) is 11.1. The molecule has 0 fully saturated rings. The monoisotopic (exact) mass is 301 g/mol. The maximum absolute atomic E-state index is 11.9. The first-order valence-corrected chi connectivity index (χ1v) is 7.39. The van der Waals surface area contributed by atoms with Crippen molar-refractivity contribution in [2.75, 3.05) is 0 Å². The van der Waals surface area contributed by atoms with Gasteiger partial charge >= 0.3 is 0 Å². The summed E-state index contributed by atoms with van der Waals surface area (Å²) in [5, 5.41) is 10.5. The van der Waals surface area contributed by atoms with E-state index in [1.165, 1.54) is 6.92 Å². The Morgan fingerprint density at radius 3 is 2.35 bits per heavy atom. The van der Waals surface area contributed by atoms with Crippen LogP contribution in [0.3, 0.4) is 0 Å². The third kappa shape index (κ3) is 4.10. The number of Topliss-reactive ketones (excluding diaryl/α,β-unsaturated/α-hetero) is 1. The molecule has 1 rings (SSSR count). The number of non-ortho nitro benzene ring substituents is 1.